The summed E-state index contributed by atoms with van der Waals surface area (Å²) in [5, 5.41) is 17.0. The number of pyridine rings is 1. The van der Waals surface area contributed by atoms with Crippen molar-refractivity contribution in [3.8, 4) is 0 Å². The van der Waals surface area contributed by atoms with E-state index in [4.69, 9.17) is 15.2 Å². The van der Waals surface area contributed by atoms with E-state index in [1.54, 1.807) is 7.05 Å². The first-order valence-corrected chi connectivity index (χ1v) is 9.23. The summed E-state index contributed by atoms with van der Waals surface area (Å²) in [6, 6.07) is 2.11. The van der Waals surface area contributed by atoms with Gasteiger partial charge in [-0.1, -0.05) is 17.5 Å². The van der Waals surface area contributed by atoms with E-state index in [2.05, 4.69) is 16.3 Å². The first-order chi connectivity index (χ1) is 12.1. The minimum atomic E-state index is -0.426. The second-order valence-electron chi connectivity index (χ2n) is 6.34. The van der Waals surface area contributed by atoms with Gasteiger partial charge < -0.3 is 10.8 Å². The van der Waals surface area contributed by atoms with Gasteiger partial charge in [0.15, 0.2) is 12.3 Å². The van der Waals surface area contributed by atoms with Gasteiger partial charge in [0, 0.05) is 17.0 Å². The van der Waals surface area contributed by atoms with Crippen LogP contribution in [0.25, 0.3) is 10.2 Å². The summed E-state index contributed by atoms with van der Waals surface area (Å²) in [5.41, 5.74) is 9.10. The van der Waals surface area contributed by atoms with Crippen molar-refractivity contribution in [2.24, 2.45) is 12.0 Å². The second kappa shape index (κ2) is 6.44. The van der Waals surface area contributed by atoms with E-state index in [0.29, 0.717) is 10.6 Å². The molecule has 1 aliphatic rings. The van der Waals surface area contributed by atoms with Crippen LogP contribution in [0.15, 0.2) is 21.8 Å². The smallest absolute Gasteiger partial charge is 0.320 e. The lowest BCUT2D eigenvalue weighted by atomic mass is 9.96. The first-order valence-electron chi connectivity index (χ1n) is 8.41. The predicted molar refractivity (Wildman–Crippen MR) is 93.8 cm³/mol. The molecule has 3 aromatic heterocycles. The predicted octanol–water partition coefficient (Wildman–Crippen LogP) is 1.79. The van der Waals surface area contributed by atoms with Crippen LogP contribution in [0.1, 0.15) is 41.8 Å². The lowest BCUT2D eigenvalue weighted by molar-refractivity contribution is -0.739. The van der Waals surface area contributed by atoms with Crippen molar-refractivity contribution in [2.75, 3.05) is 5.73 Å². The fourth-order valence-electron chi connectivity index (χ4n) is 3.19. The van der Waals surface area contributed by atoms with Crippen LogP contribution in [0.5, 0.6) is 0 Å². The molecule has 0 fully saturated rings. The molecule has 0 spiro atoms. The van der Waals surface area contributed by atoms with Gasteiger partial charge in [0.1, 0.15) is 4.83 Å². The minimum Gasteiger partial charge on any atom is -0.857 e. The molecule has 4 rings (SSSR count). The molecule has 0 radical (unpaired) electrons. The van der Waals surface area contributed by atoms with Crippen LogP contribution < -0.4 is 15.5 Å². The molecule has 0 unspecified atom stereocenters. The molecule has 8 heteroatoms. The van der Waals surface area contributed by atoms with Crippen LogP contribution in [-0.4, -0.2) is 16.2 Å². The third kappa shape index (κ3) is 3.09. The molecule has 1 aliphatic carbocycles. The van der Waals surface area contributed by atoms with Crippen molar-refractivity contribution >= 4 is 39.0 Å². The number of hydrogen-bond acceptors (Lipinski definition) is 7. The maximum absolute atomic E-state index is 12.5. The van der Waals surface area contributed by atoms with Gasteiger partial charge in [-0.2, -0.15) is 0 Å². The topological polar surface area (TPSA) is 104 Å². The zero-order chi connectivity index (χ0) is 17.4. The molecule has 0 atom stereocenters. The van der Waals surface area contributed by atoms with Gasteiger partial charge in [-0.3, -0.25) is 4.52 Å². The SMILES string of the molecule is C[n+]1cc(/N=C(\[O-])c2sc3nc4c(cc3c2N)CCCCCC4)on1. The van der Waals surface area contributed by atoms with Crippen molar-refractivity contribution in [1.29, 1.82) is 0 Å². The Bertz CT molecular complexity index is 960. The molecular formula is C17H19N5O2S. The first kappa shape index (κ1) is 16.0. The summed E-state index contributed by atoms with van der Waals surface area (Å²) in [6.07, 6.45) is 8.40. The highest BCUT2D eigenvalue weighted by Crippen LogP contribution is 2.35. The molecule has 0 aromatic carbocycles. The Kier molecular flexibility index (Phi) is 4.12. The molecule has 3 heterocycles. The van der Waals surface area contributed by atoms with Crippen LogP contribution in [0.2, 0.25) is 0 Å². The monoisotopic (exact) mass is 357 g/mol. The highest BCUT2D eigenvalue weighted by molar-refractivity contribution is 7.21. The summed E-state index contributed by atoms with van der Waals surface area (Å²) in [5.74, 6) is -0.269. The molecular weight excluding hydrogens is 338 g/mol. The van der Waals surface area contributed by atoms with Crippen LogP contribution in [-0.2, 0) is 19.9 Å². The minimum absolute atomic E-state index is 0.157. The second-order valence-corrected chi connectivity index (χ2v) is 7.34. The Hall–Kier alpha value is -2.48. The van der Waals surface area contributed by atoms with Gasteiger partial charge in [0.2, 0.25) is 0 Å². The average molecular weight is 357 g/mol. The number of thiophene rings is 1. The van der Waals surface area contributed by atoms with Crippen molar-refractivity contribution in [1.82, 2.24) is 10.3 Å². The fourth-order valence-corrected chi connectivity index (χ4v) is 4.17. The molecule has 0 aliphatic heterocycles. The van der Waals surface area contributed by atoms with E-state index in [1.165, 1.54) is 47.0 Å². The van der Waals surface area contributed by atoms with Crippen LogP contribution in [0.4, 0.5) is 11.6 Å². The van der Waals surface area contributed by atoms with E-state index in [-0.39, 0.29) is 5.88 Å². The molecule has 7 nitrogen and oxygen atoms in total. The summed E-state index contributed by atoms with van der Waals surface area (Å²) in [6.45, 7) is 0. The molecule has 25 heavy (non-hydrogen) atoms. The quantitative estimate of drug-likeness (QED) is 0.428. The summed E-state index contributed by atoms with van der Waals surface area (Å²) in [4.78, 5) is 9.95. The van der Waals surface area contributed by atoms with E-state index < -0.39 is 5.90 Å². The highest BCUT2D eigenvalue weighted by atomic mass is 32.1. The zero-order valence-corrected chi connectivity index (χ0v) is 14.8. The van der Waals surface area contributed by atoms with Gasteiger partial charge in [-0.25, -0.2) is 9.98 Å². The molecule has 3 aromatic rings. The van der Waals surface area contributed by atoms with Gasteiger partial charge >= 0.3 is 5.88 Å². The largest absolute Gasteiger partial charge is 0.857 e. The maximum Gasteiger partial charge on any atom is 0.320 e. The molecule has 0 amide bonds. The van der Waals surface area contributed by atoms with Crippen LogP contribution >= 0.6 is 11.3 Å². The number of nitrogens with zero attached hydrogens (tertiary/aromatic N) is 4. The fraction of sp³-hybridized carbons (Fsp3) is 0.412. The van der Waals surface area contributed by atoms with Gasteiger partial charge in [0.25, 0.3) is 6.20 Å². The Morgan fingerprint density at radius 1 is 1.32 bits per heavy atom. The van der Waals surface area contributed by atoms with E-state index in [9.17, 15) is 5.11 Å². The van der Waals surface area contributed by atoms with E-state index in [1.807, 2.05) is 0 Å². The van der Waals surface area contributed by atoms with Gasteiger partial charge in [0.05, 0.1) is 10.6 Å². The number of anilines is 1. The van der Waals surface area contributed by atoms with Crippen molar-refractivity contribution in [2.45, 2.75) is 38.5 Å². The van der Waals surface area contributed by atoms with Gasteiger partial charge in [-0.05, 0) is 37.3 Å². The third-order valence-electron chi connectivity index (χ3n) is 4.47. The highest BCUT2D eigenvalue weighted by Gasteiger charge is 2.16. The Balaban J connectivity index is 1.77. The standard InChI is InChI=1S/C17H19N5O2S/c1-22-9-13(24-21-22)20-16(23)15-14(18)11-8-10-6-4-2-3-5-7-12(10)19-17(11)25-15/h8-9H,2-7H2,1H3,(H2-,18,20,21,23). The number of hydrogen-bond donors (Lipinski definition) is 1. The van der Waals surface area contributed by atoms with Crippen LogP contribution in [0, 0.1) is 0 Å². The Morgan fingerprint density at radius 3 is 2.88 bits per heavy atom. The molecule has 0 bridgehead atoms. The number of aliphatic imine (C=N–C) groups is 1. The Labute approximate surface area is 148 Å². The number of aromatic nitrogens is 3. The van der Waals surface area contributed by atoms with E-state index in [0.717, 1.165) is 35.2 Å². The maximum atomic E-state index is 12.5. The van der Waals surface area contributed by atoms with Gasteiger partial charge in [-0.15, -0.1) is 11.3 Å². The molecule has 130 valence electrons. The number of nitrogens with two attached hydrogens (primary N) is 1. The summed E-state index contributed by atoms with van der Waals surface area (Å²) >= 11 is 1.29. The number of rotatable bonds is 2. The van der Waals surface area contributed by atoms with E-state index >= 15 is 0 Å². The van der Waals surface area contributed by atoms with Crippen LogP contribution in [0.3, 0.4) is 0 Å². The van der Waals surface area contributed by atoms with Crippen molar-refractivity contribution in [3.63, 3.8) is 0 Å². The molecule has 0 saturated heterocycles. The molecule has 2 N–H and O–H groups in total. The Morgan fingerprint density at radius 2 is 2.12 bits per heavy atom. The lowest BCUT2D eigenvalue weighted by Gasteiger charge is -2.12. The summed E-state index contributed by atoms with van der Waals surface area (Å²) < 4.78 is 6.40. The number of fused-ring (bicyclic) bond motifs is 2. The summed E-state index contributed by atoms with van der Waals surface area (Å²) in [7, 11) is 1.69. The van der Waals surface area contributed by atoms with Crippen molar-refractivity contribution in [3.05, 3.63) is 28.4 Å². The van der Waals surface area contributed by atoms with Crippen molar-refractivity contribution < 1.29 is 14.3 Å². The zero-order valence-electron chi connectivity index (χ0n) is 14.0. The lowest BCUT2D eigenvalue weighted by Crippen LogP contribution is -2.27. The average Bonchev–Trinajstić information content (AvgIpc) is 3.11. The molecule has 0 saturated carbocycles. The number of aryl methyl sites for hydroxylation is 3. The number of nitrogen functional groups attached to an aromatic ring is 1. The third-order valence-corrected chi connectivity index (χ3v) is 5.57. The normalized spacial score (nSPS) is 15.8.